The van der Waals surface area contributed by atoms with E-state index in [0.717, 1.165) is 26.1 Å². The smallest absolute Gasteiger partial charge is 0.277 e. The number of carbonyl (C=O) groups excluding carboxylic acids is 1. The van der Waals surface area contributed by atoms with E-state index in [0.29, 0.717) is 23.2 Å². The van der Waals surface area contributed by atoms with Crippen molar-refractivity contribution in [3.05, 3.63) is 42.5 Å². The molecule has 3 aromatic rings. The Kier molecular flexibility index (Phi) is 3.87. The summed E-state index contributed by atoms with van der Waals surface area (Å²) in [7, 11) is 0. The normalized spacial score (nSPS) is 15.5. The average molecular weight is 328 g/mol. The van der Waals surface area contributed by atoms with E-state index in [4.69, 9.17) is 13.7 Å². The van der Waals surface area contributed by atoms with Gasteiger partial charge in [-0.05, 0) is 25.0 Å². The lowest BCUT2D eigenvalue weighted by Gasteiger charge is -2.22. The summed E-state index contributed by atoms with van der Waals surface area (Å²) in [5.74, 6) is 0.569. The lowest BCUT2D eigenvalue weighted by Crippen LogP contribution is -2.19. The van der Waals surface area contributed by atoms with Crippen LogP contribution in [0.1, 0.15) is 29.4 Å². The lowest BCUT2D eigenvalue weighted by atomic mass is 10.1. The minimum Gasteiger partial charge on any atom is -0.461 e. The summed E-state index contributed by atoms with van der Waals surface area (Å²) in [5.41, 5.74) is 0.800. The number of aromatic nitrogens is 3. The number of nitrogens with zero attached hydrogens (tertiary/aromatic N) is 3. The van der Waals surface area contributed by atoms with Crippen LogP contribution in [0.5, 0.6) is 0 Å². The molecule has 24 heavy (non-hydrogen) atoms. The maximum absolute atomic E-state index is 12.3. The van der Waals surface area contributed by atoms with E-state index in [1.807, 2.05) is 10.9 Å². The van der Waals surface area contributed by atoms with Gasteiger partial charge in [-0.2, -0.15) is 5.10 Å². The predicted octanol–water partition coefficient (Wildman–Crippen LogP) is 2.73. The van der Waals surface area contributed by atoms with Crippen LogP contribution in [0.15, 0.2) is 45.8 Å². The largest absolute Gasteiger partial charge is 0.461 e. The van der Waals surface area contributed by atoms with Gasteiger partial charge in [0.2, 0.25) is 5.76 Å². The molecule has 124 valence electrons. The molecule has 0 aliphatic carbocycles. The van der Waals surface area contributed by atoms with Gasteiger partial charge in [-0.15, -0.1) is 0 Å². The Balaban J connectivity index is 1.43. The second-order valence-corrected chi connectivity index (χ2v) is 5.56. The van der Waals surface area contributed by atoms with Crippen molar-refractivity contribution in [1.82, 2.24) is 14.9 Å². The van der Waals surface area contributed by atoms with Gasteiger partial charge >= 0.3 is 0 Å². The highest BCUT2D eigenvalue weighted by Gasteiger charge is 2.19. The van der Waals surface area contributed by atoms with E-state index in [1.165, 1.54) is 12.3 Å². The van der Waals surface area contributed by atoms with Crippen molar-refractivity contribution in [3.63, 3.8) is 0 Å². The first-order chi connectivity index (χ1) is 11.8. The fourth-order valence-corrected chi connectivity index (χ4v) is 2.66. The Hall–Kier alpha value is -2.87. The first kappa shape index (κ1) is 14.7. The molecule has 8 heteroatoms. The predicted molar refractivity (Wildman–Crippen MR) is 83.5 cm³/mol. The van der Waals surface area contributed by atoms with E-state index in [9.17, 15) is 4.79 Å². The Labute approximate surface area is 137 Å². The quantitative estimate of drug-likeness (QED) is 0.791. The van der Waals surface area contributed by atoms with Crippen molar-refractivity contribution >= 4 is 11.6 Å². The number of nitrogens with one attached hydrogen (secondary N) is 1. The summed E-state index contributed by atoms with van der Waals surface area (Å²) in [5, 5.41) is 10.9. The van der Waals surface area contributed by atoms with Crippen molar-refractivity contribution in [1.29, 1.82) is 0 Å². The zero-order valence-corrected chi connectivity index (χ0v) is 12.8. The van der Waals surface area contributed by atoms with Gasteiger partial charge in [0, 0.05) is 25.5 Å². The Morgan fingerprint density at radius 1 is 1.29 bits per heavy atom. The maximum atomic E-state index is 12.3. The molecule has 1 aliphatic heterocycles. The molecule has 1 amide bonds. The molecule has 4 rings (SSSR count). The molecule has 0 aromatic carbocycles. The number of anilines is 1. The van der Waals surface area contributed by atoms with Crippen molar-refractivity contribution < 1.29 is 18.5 Å². The zero-order chi connectivity index (χ0) is 16.4. The number of rotatable bonds is 4. The first-order valence-electron chi connectivity index (χ1n) is 7.73. The molecule has 3 aromatic heterocycles. The first-order valence-corrected chi connectivity index (χ1v) is 7.73. The van der Waals surface area contributed by atoms with E-state index in [-0.39, 0.29) is 11.6 Å². The molecule has 1 fully saturated rings. The number of hydrogen-bond donors (Lipinski definition) is 1. The van der Waals surface area contributed by atoms with Crippen LogP contribution in [0.3, 0.4) is 0 Å². The minimum atomic E-state index is -0.358. The van der Waals surface area contributed by atoms with Crippen LogP contribution in [0, 0.1) is 0 Å². The highest BCUT2D eigenvalue weighted by atomic mass is 16.5. The van der Waals surface area contributed by atoms with Gasteiger partial charge in [0.1, 0.15) is 0 Å². The van der Waals surface area contributed by atoms with Crippen LogP contribution >= 0.6 is 0 Å². The van der Waals surface area contributed by atoms with Crippen LogP contribution in [0.25, 0.3) is 11.5 Å². The number of carbonyl (C=O) groups is 1. The maximum Gasteiger partial charge on any atom is 0.277 e. The second kappa shape index (κ2) is 6.32. The molecule has 1 saturated heterocycles. The van der Waals surface area contributed by atoms with E-state index >= 15 is 0 Å². The Bertz CT molecular complexity index is 815. The number of hydrogen-bond acceptors (Lipinski definition) is 6. The van der Waals surface area contributed by atoms with E-state index in [1.54, 1.807) is 18.3 Å². The molecule has 8 nitrogen and oxygen atoms in total. The van der Waals surface area contributed by atoms with E-state index in [2.05, 4.69) is 15.6 Å². The third-order valence-electron chi connectivity index (χ3n) is 3.93. The Morgan fingerprint density at radius 3 is 2.96 bits per heavy atom. The molecule has 4 heterocycles. The van der Waals surface area contributed by atoms with Gasteiger partial charge in [-0.1, -0.05) is 5.16 Å². The van der Waals surface area contributed by atoms with Gasteiger partial charge in [0.05, 0.1) is 24.2 Å². The number of ether oxygens (including phenoxy) is 1. The van der Waals surface area contributed by atoms with Gasteiger partial charge in [-0.3, -0.25) is 9.48 Å². The van der Waals surface area contributed by atoms with Crippen molar-refractivity contribution in [3.8, 4) is 11.5 Å². The SMILES string of the molecule is O=C(Nc1cnn(C2CCOCC2)c1)c1cc(-c2ccco2)on1. The minimum absolute atomic E-state index is 0.181. The van der Waals surface area contributed by atoms with Crippen molar-refractivity contribution in [2.45, 2.75) is 18.9 Å². The van der Waals surface area contributed by atoms with Crippen LogP contribution in [0.2, 0.25) is 0 Å². The monoisotopic (exact) mass is 328 g/mol. The number of furan rings is 1. The topological polar surface area (TPSA) is 95.3 Å². The van der Waals surface area contributed by atoms with Gasteiger partial charge in [0.25, 0.3) is 5.91 Å². The molecule has 0 saturated carbocycles. The zero-order valence-electron chi connectivity index (χ0n) is 12.8. The van der Waals surface area contributed by atoms with Gasteiger partial charge < -0.3 is 19.0 Å². The second-order valence-electron chi connectivity index (χ2n) is 5.56. The van der Waals surface area contributed by atoms with E-state index < -0.39 is 0 Å². The molecule has 0 bridgehead atoms. The highest BCUT2D eigenvalue weighted by molar-refractivity contribution is 6.03. The summed E-state index contributed by atoms with van der Waals surface area (Å²) in [6.07, 6.45) is 6.82. The molecular weight excluding hydrogens is 312 g/mol. The van der Waals surface area contributed by atoms with Crippen LogP contribution in [-0.2, 0) is 4.74 Å². The van der Waals surface area contributed by atoms with Crippen LogP contribution in [0.4, 0.5) is 5.69 Å². The van der Waals surface area contributed by atoms with Gasteiger partial charge in [0.15, 0.2) is 11.5 Å². The Morgan fingerprint density at radius 2 is 2.17 bits per heavy atom. The standard InChI is InChI=1S/C16H16N4O4/c21-16(13-8-15(24-19-13)14-2-1-5-23-14)18-11-9-17-20(10-11)12-3-6-22-7-4-12/h1-2,5,8-10,12H,3-4,6-7H2,(H,18,21). The van der Waals surface area contributed by atoms with Crippen LogP contribution < -0.4 is 5.32 Å². The molecule has 0 unspecified atom stereocenters. The molecule has 0 radical (unpaired) electrons. The summed E-state index contributed by atoms with van der Waals surface area (Å²) < 4.78 is 17.6. The lowest BCUT2D eigenvalue weighted by molar-refractivity contribution is 0.0662. The highest BCUT2D eigenvalue weighted by Crippen LogP contribution is 2.23. The molecule has 1 N–H and O–H groups in total. The van der Waals surface area contributed by atoms with Gasteiger partial charge in [-0.25, -0.2) is 0 Å². The molecule has 0 spiro atoms. The average Bonchev–Trinajstić information content (AvgIpc) is 3.36. The van der Waals surface area contributed by atoms with Crippen LogP contribution in [-0.4, -0.2) is 34.1 Å². The van der Waals surface area contributed by atoms with Crippen molar-refractivity contribution in [2.75, 3.05) is 18.5 Å². The fraction of sp³-hybridized carbons (Fsp3) is 0.312. The third-order valence-corrected chi connectivity index (χ3v) is 3.93. The fourth-order valence-electron chi connectivity index (χ4n) is 2.66. The molecule has 0 atom stereocenters. The van der Waals surface area contributed by atoms with Crippen molar-refractivity contribution in [2.24, 2.45) is 0 Å². The summed E-state index contributed by atoms with van der Waals surface area (Å²) in [6, 6.07) is 5.32. The number of amides is 1. The molecule has 1 aliphatic rings. The third kappa shape index (κ3) is 2.95. The summed E-state index contributed by atoms with van der Waals surface area (Å²) >= 11 is 0. The summed E-state index contributed by atoms with van der Waals surface area (Å²) in [6.45, 7) is 1.47. The molecular formula is C16H16N4O4. The summed E-state index contributed by atoms with van der Waals surface area (Å²) in [4.78, 5) is 12.3.